The predicted molar refractivity (Wildman–Crippen MR) is 126 cm³/mol. The fourth-order valence-electron chi connectivity index (χ4n) is 3.50. The number of carbonyl (C=O) groups excluding carboxylic acids is 1. The highest BCUT2D eigenvalue weighted by Gasteiger charge is 2.32. The molecular formula is C22H21ClFN3O3S2. The van der Waals surface area contributed by atoms with Crippen LogP contribution in [0.4, 0.5) is 15.8 Å². The minimum atomic E-state index is -3.85. The van der Waals surface area contributed by atoms with E-state index in [1.54, 1.807) is 36.6 Å². The zero-order chi connectivity index (χ0) is 22.9. The summed E-state index contributed by atoms with van der Waals surface area (Å²) in [4.78, 5) is 14.9. The Hall–Kier alpha value is -2.46. The molecule has 1 aromatic heterocycles. The van der Waals surface area contributed by atoms with Gasteiger partial charge in [0.2, 0.25) is 10.0 Å². The van der Waals surface area contributed by atoms with Gasteiger partial charge in [0.15, 0.2) is 0 Å². The Morgan fingerprint density at radius 3 is 2.41 bits per heavy atom. The van der Waals surface area contributed by atoms with Crippen molar-refractivity contribution in [2.45, 2.75) is 11.8 Å². The molecule has 0 radical (unpaired) electrons. The number of benzene rings is 2. The van der Waals surface area contributed by atoms with E-state index < -0.39 is 21.7 Å². The monoisotopic (exact) mass is 493 g/mol. The molecule has 32 heavy (non-hydrogen) atoms. The second kappa shape index (κ2) is 9.19. The maximum atomic E-state index is 13.8. The molecule has 10 heteroatoms. The van der Waals surface area contributed by atoms with E-state index in [9.17, 15) is 17.6 Å². The molecule has 1 amide bonds. The lowest BCUT2D eigenvalue weighted by molar-refractivity contribution is 0.102. The molecule has 2 heterocycles. The van der Waals surface area contributed by atoms with E-state index in [1.165, 1.54) is 16.4 Å². The average Bonchev–Trinajstić information content (AvgIpc) is 3.28. The average molecular weight is 494 g/mol. The standard InChI is InChI=1S/C22H21ClFN3O3S2/c1-15-2-5-17(14-19(15)24)25-22(28)21-20(8-13-31-21)32(29,30)27-11-9-26(10-12-27)18-6-3-16(23)4-7-18/h2-8,13-14H,9-12H2,1H3,(H,25,28). The number of rotatable bonds is 5. The van der Waals surface area contributed by atoms with Crippen LogP contribution in [0.1, 0.15) is 15.2 Å². The number of anilines is 2. The summed E-state index contributed by atoms with van der Waals surface area (Å²) < 4.78 is 41.7. The summed E-state index contributed by atoms with van der Waals surface area (Å²) in [5, 5.41) is 4.81. The molecule has 1 aliphatic heterocycles. The summed E-state index contributed by atoms with van der Waals surface area (Å²) in [7, 11) is -3.85. The largest absolute Gasteiger partial charge is 0.369 e. The number of halogens is 2. The maximum absolute atomic E-state index is 13.8. The van der Waals surface area contributed by atoms with Gasteiger partial charge in [0.25, 0.3) is 5.91 Å². The minimum Gasteiger partial charge on any atom is -0.369 e. The van der Waals surface area contributed by atoms with Crippen molar-refractivity contribution in [3.05, 3.63) is 75.2 Å². The third kappa shape index (κ3) is 4.66. The highest BCUT2D eigenvalue weighted by Crippen LogP contribution is 2.28. The number of hydrogen-bond acceptors (Lipinski definition) is 5. The molecule has 0 spiro atoms. The molecule has 168 valence electrons. The van der Waals surface area contributed by atoms with Crippen LogP contribution in [0.15, 0.2) is 58.8 Å². The van der Waals surface area contributed by atoms with E-state index in [0.717, 1.165) is 17.0 Å². The topological polar surface area (TPSA) is 69.7 Å². The lowest BCUT2D eigenvalue weighted by Crippen LogP contribution is -2.48. The second-order valence-electron chi connectivity index (χ2n) is 7.40. The van der Waals surface area contributed by atoms with Crippen molar-refractivity contribution >= 4 is 50.2 Å². The molecule has 0 saturated carbocycles. The molecule has 6 nitrogen and oxygen atoms in total. The summed E-state index contributed by atoms with van der Waals surface area (Å²) in [6, 6.07) is 13.2. The van der Waals surface area contributed by atoms with Gasteiger partial charge < -0.3 is 10.2 Å². The fourth-order valence-corrected chi connectivity index (χ4v) is 6.35. The number of hydrogen-bond donors (Lipinski definition) is 1. The third-order valence-electron chi connectivity index (χ3n) is 5.31. The zero-order valence-corrected chi connectivity index (χ0v) is 19.6. The van der Waals surface area contributed by atoms with E-state index in [-0.39, 0.29) is 15.5 Å². The SMILES string of the molecule is Cc1ccc(NC(=O)c2sccc2S(=O)(=O)N2CCN(c3ccc(Cl)cc3)CC2)cc1F. The first-order valence-corrected chi connectivity index (χ1v) is 12.6. The van der Waals surface area contributed by atoms with Crippen molar-refractivity contribution in [2.24, 2.45) is 0 Å². The van der Waals surface area contributed by atoms with Crippen molar-refractivity contribution in [1.82, 2.24) is 4.31 Å². The van der Waals surface area contributed by atoms with E-state index >= 15 is 0 Å². The molecule has 0 bridgehead atoms. The summed E-state index contributed by atoms with van der Waals surface area (Å²) in [6.07, 6.45) is 0. The van der Waals surface area contributed by atoms with Crippen LogP contribution in [0.25, 0.3) is 0 Å². The Balaban J connectivity index is 1.48. The normalized spacial score (nSPS) is 15.0. The second-order valence-corrected chi connectivity index (χ2v) is 10.7. The number of thiophene rings is 1. The van der Waals surface area contributed by atoms with Crippen molar-refractivity contribution in [2.75, 3.05) is 36.4 Å². The summed E-state index contributed by atoms with van der Waals surface area (Å²) >= 11 is 6.98. The quantitative estimate of drug-likeness (QED) is 0.563. The Kier molecular flexibility index (Phi) is 6.52. The molecule has 2 aromatic carbocycles. The van der Waals surface area contributed by atoms with Gasteiger partial charge >= 0.3 is 0 Å². The van der Waals surface area contributed by atoms with Gasteiger partial charge in [-0.2, -0.15) is 4.31 Å². The van der Waals surface area contributed by atoms with Gasteiger partial charge in [0.1, 0.15) is 15.6 Å². The smallest absolute Gasteiger partial charge is 0.267 e. The Morgan fingerprint density at radius 1 is 1.06 bits per heavy atom. The number of sulfonamides is 1. The van der Waals surface area contributed by atoms with E-state index in [2.05, 4.69) is 10.2 Å². The molecule has 0 aliphatic carbocycles. The van der Waals surface area contributed by atoms with E-state index in [4.69, 9.17) is 11.6 Å². The predicted octanol–water partition coefficient (Wildman–Crippen LogP) is 4.61. The summed E-state index contributed by atoms with van der Waals surface area (Å²) in [6.45, 7) is 3.26. The first-order valence-electron chi connectivity index (χ1n) is 9.91. The highest BCUT2D eigenvalue weighted by molar-refractivity contribution is 7.89. The van der Waals surface area contributed by atoms with Gasteiger partial charge in [0, 0.05) is 42.6 Å². The fraction of sp³-hybridized carbons (Fsp3) is 0.227. The Labute approximate surface area is 195 Å². The maximum Gasteiger partial charge on any atom is 0.267 e. The van der Waals surface area contributed by atoms with Crippen LogP contribution in [0.5, 0.6) is 0 Å². The Morgan fingerprint density at radius 2 is 1.75 bits per heavy atom. The van der Waals surface area contributed by atoms with Crippen molar-refractivity contribution < 1.29 is 17.6 Å². The molecule has 4 rings (SSSR count). The van der Waals surface area contributed by atoms with Crippen LogP contribution in [0.2, 0.25) is 5.02 Å². The van der Waals surface area contributed by atoms with Gasteiger partial charge in [-0.1, -0.05) is 17.7 Å². The van der Waals surface area contributed by atoms with Crippen LogP contribution >= 0.6 is 22.9 Å². The van der Waals surface area contributed by atoms with E-state index in [1.807, 2.05) is 12.1 Å². The van der Waals surface area contributed by atoms with Gasteiger partial charge in [-0.15, -0.1) is 11.3 Å². The molecule has 1 aliphatic rings. The van der Waals surface area contributed by atoms with Crippen LogP contribution in [-0.4, -0.2) is 44.8 Å². The lowest BCUT2D eigenvalue weighted by Gasteiger charge is -2.35. The summed E-state index contributed by atoms with van der Waals surface area (Å²) in [5.74, 6) is -1.03. The third-order valence-corrected chi connectivity index (χ3v) is 8.55. The lowest BCUT2D eigenvalue weighted by atomic mass is 10.2. The van der Waals surface area contributed by atoms with Crippen LogP contribution in [0.3, 0.4) is 0 Å². The minimum absolute atomic E-state index is 0.0347. The van der Waals surface area contributed by atoms with E-state index in [0.29, 0.717) is 36.8 Å². The van der Waals surface area contributed by atoms with Gasteiger partial charge in [0.05, 0.1) is 0 Å². The van der Waals surface area contributed by atoms with Crippen LogP contribution < -0.4 is 10.2 Å². The summed E-state index contributed by atoms with van der Waals surface area (Å²) in [5.41, 5.74) is 1.71. The molecule has 1 N–H and O–H groups in total. The molecule has 3 aromatic rings. The van der Waals surface area contributed by atoms with Crippen molar-refractivity contribution in [1.29, 1.82) is 0 Å². The number of carbonyl (C=O) groups is 1. The first-order chi connectivity index (χ1) is 15.3. The highest BCUT2D eigenvalue weighted by atomic mass is 35.5. The number of aryl methyl sites for hydroxylation is 1. The molecular weight excluding hydrogens is 473 g/mol. The molecule has 1 saturated heterocycles. The number of nitrogens with one attached hydrogen (secondary N) is 1. The molecule has 1 fully saturated rings. The zero-order valence-electron chi connectivity index (χ0n) is 17.2. The number of amides is 1. The first kappa shape index (κ1) is 22.7. The van der Waals surface area contributed by atoms with Crippen molar-refractivity contribution in [3.63, 3.8) is 0 Å². The van der Waals surface area contributed by atoms with Gasteiger partial charge in [-0.25, -0.2) is 12.8 Å². The van der Waals surface area contributed by atoms with Crippen molar-refractivity contribution in [3.8, 4) is 0 Å². The molecule has 0 atom stereocenters. The molecule has 0 unspecified atom stereocenters. The number of nitrogens with zero attached hydrogens (tertiary/aromatic N) is 2. The Bertz CT molecular complexity index is 1240. The van der Waals surface area contributed by atoms with Gasteiger partial charge in [-0.05, 0) is 60.3 Å². The van der Waals surface area contributed by atoms with Gasteiger partial charge in [-0.3, -0.25) is 4.79 Å². The number of piperazine rings is 1. The van der Waals surface area contributed by atoms with Crippen LogP contribution in [0, 0.1) is 12.7 Å². The van der Waals surface area contributed by atoms with Crippen LogP contribution in [-0.2, 0) is 10.0 Å².